The fourth-order valence-corrected chi connectivity index (χ4v) is 2.79. The Morgan fingerprint density at radius 3 is 1.03 bits per heavy atom. The molecule has 31 heavy (non-hydrogen) atoms. The fourth-order valence-electron chi connectivity index (χ4n) is 2.79. The Labute approximate surface area is 174 Å². The van der Waals surface area contributed by atoms with Crippen molar-refractivity contribution in [3.05, 3.63) is 103 Å². The monoisotopic (exact) mass is 454 g/mol. The number of halogens is 6. The van der Waals surface area contributed by atoms with Crippen molar-refractivity contribution in [2.45, 2.75) is 0 Å². The molecule has 0 radical (unpaired) electrons. The van der Waals surface area contributed by atoms with E-state index in [2.05, 4.69) is 60.7 Å². The molecule has 0 saturated heterocycles. The van der Waals surface area contributed by atoms with E-state index in [-0.39, 0.29) is 0 Å². The number of benzene rings is 3. The summed E-state index contributed by atoms with van der Waals surface area (Å²) in [7, 11) is -10.7. The third-order valence-electron chi connectivity index (χ3n) is 4.02. The van der Waals surface area contributed by atoms with Crippen LogP contribution in [0.5, 0.6) is 0 Å². The van der Waals surface area contributed by atoms with Gasteiger partial charge in [0.15, 0.2) is 0 Å². The smallest absolute Gasteiger partial charge is 0.207 e. The first-order valence-electron chi connectivity index (χ1n) is 9.06. The number of hydrogen-bond donors (Lipinski definition) is 0. The summed E-state index contributed by atoms with van der Waals surface area (Å²) in [5.41, 5.74) is 4.49. The normalized spacial score (nSPS) is 13.4. The molecule has 0 fully saturated rings. The zero-order valence-electron chi connectivity index (χ0n) is 15.9. The van der Waals surface area contributed by atoms with Crippen LogP contribution in [0.3, 0.4) is 0 Å². The van der Waals surface area contributed by atoms with Crippen molar-refractivity contribution in [1.29, 1.82) is 0 Å². The maximum Gasteiger partial charge on any atom is 0.361 e. The molecular weight excluding hydrogens is 437 g/mol. The van der Waals surface area contributed by atoms with Gasteiger partial charge in [0.05, 0.1) is 23.3 Å². The first-order chi connectivity index (χ1) is 14.3. The van der Waals surface area contributed by atoms with E-state index < -0.39 is 7.81 Å². The van der Waals surface area contributed by atoms with Gasteiger partial charge in [0.25, 0.3) is 0 Å². The molecule has 0 bridgehead atoms. The van der Waals surface area contributed by atoms with Crippen LogP contribution in [0.1, 0.15) is 0 Å². The Hall–Kier alpha value is -3.18. The maximum absolute atomic E-state index is 10.7. The van der Waals surface area contributed by atoms with Gasteiger partial charge < -0.3 is 0 Å². The van der Waals surface area contributed by atoms with E-state index in [9.17, 15) is 25.2 Å². The molecule has 0 aliphatic carbocycles. The van der Waals surface area contributed by atoms with Gasteiger partial charge in [-0.2, -0.15) is 0 Å². The summed E-state index contributed by atoms with van der Waals surface area (Å²) in [5, 5.41) is 0. The van der Waals surface area contributed by atoms with Gasteiger partial charge in [0.2, 0.25) is 0 Å². The van der Waals surface area contributed by atoms with Gasteiger partial charge in [-0.05, 0) is 29.8 Å². The molecule has 0 saturated carbocycles. The average Bonchev–Trinajstić information content (AvgIpc) is 2.73. The molecule has 0 unspecified atom stereocenters. The van der Waals surface area contributed by atoms with Crippen LogP contribution >= 0.6 is 7.81 Å². The van der Waals surface area contributed by atoms with Crippen LogP contribution in [0, 0.1) is 0 Å². The Kier molecular flexibility index (Phi) is 5.68. The SMILES string of the molecule is F[P-](F)(F)(F)(F)F.c1ccc(-c2cc(-c3ccccc3)[o+]c(-c3ccccc3)c2)cc1. The third-order valence-corrected chi connectivity index (χ3v) is 4.02. The predicted octanol–water partition coefficient (Wildman–Crippen LogP) is 9.94. The van der Waals surface area contributed by atoms with E-state index in [0.717, 1.165) is 28.2 Å². The molecule has 1 aromatic heterocycles. The number of hydrogen-bond acceptors (Lipinski definition) is 0. The van der Waals surface area contributed by atoms with Crippen molar-refractivity contribution in [3.63, 3.8) is 0 Å². The first kappa shape index (κ1) is 22.5. The minimum absolute atomic E-state index is 0.871. The quantitative estimate of drug-likeness (QED) is 0.170. The Bertz CT molecular complexity index is 996. The summed E-state index contributed by atoms with van der Waals surface area (Å²) in [6.07, 6.45) is 0. The van der Waals surface area contributed by atoms with Gasteiger partial charge in [0.1, 0.15) is 0 Å². The summed E-state index contributed by atoms with van der Waals surface area (Å²) in [5.74, 6) is 1.74. The Morgan fingerprint density at radius 1 is 0.419 bits per heavy atom. The van der Waals surface area contributed by atoms with Crippen molar-refractivity contribution in [2.75, 3.05) is 0 Å². The van der Waals surface area contributed by atoms with Crippen LogP contribution in [-0.2, 0) is 0 Å². The van der Waals surface area contributed by atoms with E-state index in [4.69, 9.17) is 4.42 Å². The van der Waals surface area contributed by atoms with Crippen LogP contribution in [0.15, 0.2) is 108 Å². The van der Waals surface area contributed by atoms with Gasteiger partial charge in [-0.25, -0.2) is 4.42 Å². The molecule has 0 spiro atoms. The van der Waals surface area contributed by atoms with Crippen LogP contribution in [0.25, 0.3) is 33.8 Å². The van der Waals surface area contributed by atoms with Crippen molar-refractivity contribution < 1.29 is 29.6 Å². The zero-order chi connectivity index (χ0) is 22.6. The molecule has 1 heterocycles. The van der Waals surface area contributed by atoms with Crippen LogP contribution in [0.4, 0.5) is 25.2 Å². The van der Waals surface area contributed by atoms with E-state index in [1.54, 1.807) is 0 Å². The molecule has 0 atom stereocenters. The van der Waals surface area contributed by atoms with E-state index in [0.29, 0.717) is 0 Å². The standard InChI is InChI=1S/C23H17O.F6P/c1-4-10-18(11-5-1)21-16-22(19-12-6-2-7-13-19)24-23(17-21)20-14-8-3-9-15-20;1-7(2,3,4,5)6/h1-17H;/q+1;-1. The van der Waals surface area contributed by atoms with E-state index in [1.165, 1.54) is 5.56 Å². The van der Waals surface area contributed by atoms with E-state index >= 15 is 0 Å². The largest absolute Gasteiger partial charge is 0.361 e. The van der Waals surface area contributed by atoms with Crippen molar-refractivity contribution in [1.82, 2.24) is 0 Å². The van der Waals surface area contributed by atoms with Crippen LogP contribution < -0.4 is 0 Å². The minimum Gasteiger partial charge on any atom is -0.207 e. The van der Waals surface area contributed by atoms with Crippen LogP contribution in [0.2, 0.25) is 0 Å². The zero-order valence-corrected chi connectivity index (χ0v) is 16.8. The molecule has 162 valence electrons. The second-order valence-electron chi connectivity index (χ2n) is 6.63. The molecule has 1 nitrogen and oxygen atoms in total. The van der Waals surface area contributed by atoms with E-state index in [1.807, 2.05) is 42.5 Å². The van der Waals surface area contributed by atoms with Gasteiger partial charge in [-0.3, -0.25) is 0 Å². The molecule has 0 amide bonds. The van der Waals surface area contributed by atoms with Crippen molar-refractivity contribution in [2.24, 2.45) is 0 Å². The molecule has 0 aliphatic rings. The van der Waals surface area contributed by atoms with Gasteiger partial charge in [0, 0.05) is 5.56 Å². The Balaban J connectivity index is 0.000000339. The number of rotatable bonds is 3. The van der Waals surface area contributed by atoms with Gasteiger partial charge in [-0.15, -0.1) is 0 Å². The van der Waals surface area contributed by atoms with Gasteiger partial charge >= 0.3 is 44.5 Å². The second-order valence-corrected chi connectivity index (χ2v) is 8.55. The Morgan fingerprint density at radius 2 is 0.710 bits per heavy atom. The van der Waals surface area contributed by atoms with Gasteiger partial charge in [-0.1, -0.05) is 66.7 Å². The van der Waals surface area contributed by atoms with Crippen molar-refractivity contribution in [3.8, 4) is 33.8 Å². The molecule has 4 rings (SSSR count). The predicted molar refractivity (Wildman–Crippen MR) is 113 cm³/mol. The summed E-state index contributed by atoms with van der Waals surface area (Å²) in [4.78, 5) is 0. The molecule has 3 aromatic carbocycles. The molecular formula is C23H17F6OP. The fraction of sp³-hybridized carbons (Fsp3) is 0. The average molecular weight is 454 g/mol. The van der Waals surface area contributed by atoms with Crippen LogP contribution in [-0.4, -0.2) is 0 Å². The summed E-state index contributed by atoms with van der Waals surface area (Å²) in [6.45, 7) is 0. The molecule has 0 N–H and O–H groups in total. The second kappa shape index (κ2) is 7.82. The maximum atomic E-state index is 9.87. The third kappa shape index (κ3) is 8.22. The molecule has 4 aromatic rings. The minimum atomic E-state index is -10.7. The molecule has 8 heteroatoms. The van der Waals surface area contributed by atoms with Crippen molar-refractivity contribution >= 4 is 7.81 Å². The topological polar surface area (TPSA) is 11.3 Å². The molecule has 0 aliphatic heterocycles. The summed E-state index contributed by atoms with van der Waals surface area (Å²) in [6, 6.07) is 35.1. The first-order valence-corrected chi connectivity index (χ1v) is 11.1. The summed E-state index contributed by atoms with van der Waals surface area (Å²) >= 11 is 0. The summed E-state index contributed by atoms with van der Waals surface area (Å²) < 4.78 is 65.4.